The highest BCUT2D eigenvalue weighted by Gasteiger charge is 2.26. The molecular weight excluding hydrogens is 350 g/mol. The van der Waals surface area contributed by atoms with Crippen LogP contribution in [0.15, 0.2) is 23.3 Å². The second-order valence-electron chi connectivity index (χ2n) is 8.71. The number of fused-ring (bicyclic) bond motifs is 1. The van der Waals surface area contributed by atoms with Gasteiger partial charge in [0.2, 0.25) is 0 Å². The molecular formula is C22H29N5O. The zero-order valence-electron chi connectivity index (χ0n) is 16.4. The van der Waals surface area contributed by atoms with Gasteiger partial charge in [0, 0.05) is 29.8 Å². The van der Waals surface area contributed by atoms with E-state index in [0.29, 0.717) is 12.0 Å². The van der Waals surface area contributed by atoms with Gasteiger partial charge in [-0.2, -0.15) is 5.10 Å². The first-order valence-corrected chi connectivity index (χ1v) is 11.0. The van der Waals surface area contributed by atoms with Crippen molar-refractivity contribution in [1.29, 1.82) is 0 Å². The Kier molecular flexibility index (Phi) is 4.87. The minimum Gasteiger partial charge on any atom is -0.367 e. The molecule has 0 bridgehead atoms. The first-order chi connectivity index (χ1) is 13.8. The van der Waals surface area contributed by atoms with E-state index in [1.54, 1.807) is 11.0 Å². The van der Waals surface area contributed by atoms with Gasteiger partial charge < -0.3 is 5.32 Å². The van der Waals surface area contributed by atoms with Crippen molar-refractivity contribution in [2.45, 2.75) is 88.6 Å². The summed E-state index contributed by atoms with van der Waals surface area (Å²) in [5, 5.41) is 8.36. The lowest BCUT2D eigenvalue weighted by atomic mass is 9.83. The van der Waals surface area contributed by atoms with Gasteiger partial charge in [-0.1, -0.05) is 6.42 Å². The van der Waals surface area contributed by atoms with Crippen LogP contribution in [0.1, 0.15) is 86.7 Å². The van der Waals surface area contributed by atoms with Gasteiger partial charge in [-0.15, -0.1) is 0 Å². The van der Waals surface area contributed by atoms with E-state index in [9.17, 15) is 4.79 Å². The van der Waals surface area contributed by atoms with Crippen molar-refractivity contribution in [3.63, 3.8) is 0 Å². The summed E-state index contributed by atoms with van der Waals surface area (Å²) in [4.78, 5) is 21.4. The topological polar surface area (TPSA) is 72.7 Å². The average molecular weight is 380 g/mol. The lowest BCUT2D eigenvalue weighted by Gasteiger charge is -2.31. The molecule has 2 heterocycles. The summed E-state index contributed by atoms with van der Waals surface area (Å²) in [5.74, 6) is 1.57. The van der Waals surface area contributed by atoms with Crippen molar-refractivity contribution in [3.05, 3.63) is 45.8 Å². The molecule has 0 spiro atoms. The van der Waals surface area contributed by atoms with Gasteiger partial charge in [0.25, 0.3) is 5.56 Å². The normalized spacial score (nSPS) is 25.0. The highest BCUT2D eigenvalue weighted by atomic mass is 16.1. The predicted molar refractivity (Wildman–Crippen MR) is 109 cm³/mol. The van der Waals surface area contributed by atoms with E-state index in [1.165, 1.54) is 43.4 Å². The molecule has 0 unspecified atom stereocenters. The molecule has 6 nitrogen and oxygen atoms in total. The predicted octanol–water partition coefficient (Wildman–Crippen LogP) is 3.78. The molecule has 5 rings (SSSR count). The van der Waals surface area contributed by atoms with Crippen LogP contribution >= 0.6 is 0 Å². The van der Waals surface area contributed by atoms with Crippen molar-refractivity contribution >= 4 is 5.82 Å². The number of hydrogen-bond acceptors (Lipinski definition) is 5. The molecule has 2 aromatic heterocycles. The molecule has 2 aromatic rings. The van der Waals surface area contributed by atoms with E-state index >= 15 is 0 Å². The number of hydrogen-bond donors (Lipinski definition) is 1. The first kappa shape index (κ1) is 17.8. The largest absolute Gasteiger partial charge is 0.367 e. The maximum absolute atomic E-state index is 12.6. The molecule has 28 heavy (non-hydrogen) atoms. The lowest BCUT2D eigenvalue weighted by Crippen LogP contribution is -2.34. The molecule has 148 valence electrons. The zero-order chi connectivity index (χ0) is 18.9. The highest BCUT2D eigenvalue weighted by Crippen LogP contribution is 2.36. The van der Waals surface area contributed by atoms with Crippen LogP contribution in [-0.4, -0.2) is 25.8 Å². The van der Waals surface area contributed by atoms with E-state index < -0.39 is 0 Å². The maximum Gasteiger partial charge on any atom is 0.267 e. The molecule has 3 aliphatic carbocycles. The molecule has 0 aliphatic heterocycles. The molecule has 2 saturated carbocycles. The van der Waals surface area contributed by atoms with Gasteiger partial charge in [-0.3, -0.25) is 4.79 Å². The van der Waals surface area contributed by atoms with Crippen molar-refractivity contribution in [1.82, 2.24) is 19.7 Å². The summed E-state index contributed by atoms with van der Waals surface area (Å²) >= 11 is 0. The number of nitrogens with zero attached hydrogens (tertiary/aromatic N) is 4. The third kappa shape index (κ3) is 3.56. The van der Waals surface area contributed by atoms with E-state index in [2.05, 4.69) is 21.4 Å². The lowest BCUT2D eigenvalue weighted by molar-refractivity contribution is 0.300. The van der Waals surface area contributed by atoms with Crippen LogP contribution in [0.4, 0.5) is 5.82 Å². The summed E-state index contributed by atoms with van der Waals surface area (Å²) in [7, 11) is 0. The van der Waals surface area contributed by atoms with Crippen LogP contribution < -0.4 is 10.9 Å². The third-order valence-corrected chi connectivity index (χ3v) is 6.84. The molecule has 0 aromatic carbocycles. The second kappa shape index (κ2) is 7.64. The van der Waals surface area contributed by atoms with Crippen LogP contribution in [0.25, 0.3) is 0 Å². The van der Waals surface area contributed by atoms with Crippen LogP contribution in [-0.2, 0) is 12.8 Å². The van der Waals surface area contributed by atoms with E-state index in [1.807, 2.05) is 6.07 Å². The SMILES string of the molecule is O=c1cc2c(nn1C1CCC(Nc3cc(C4CCC4)ncn3)CC1)CCCC2. The van der Waals surface area contributed by atoms with E-state index in [-0.39, 0.29) is 11.6 Å². The third-order valence-electron chi connectivity index (χ3n) is 6.84. The molecule has 0 saturated heterocycles. The van der Waals surface area contributed by atoms with E-state index in [0.717, 1.165) is 50.0 Å². The maximum atomic E-state index is 12.6. The zero-order valence-corrected chi connectivity index (χ0v) is 16.4. The van der Waals surface area contributed by atoms with Gasteiger partial charge in [0.1, 0.15) is 12.1 Å². The first-order valence-electron chi connectivity index (χ1n) is 11.0. The quantitative estimate of drug-likeness (QED) is 0.875. The monoisotopic (exact) mass is 379 g/mol. The molecule has 2 fully saturated rings. The average Bonchev–Trinajstić information content (AvgIpc) is 2.67. The molecule has 1 N–H and O–H groups in total. The second-order valence-corrected chi connectivity index (χ2v) is 8.71. The van der Waals surface area contributed by atoms with Crippen molar-refractivity contribution in [2.75, 3.05) is 5.32 Å². The number of rotatable bonds is 4. The summed E-state index contributed by atoms with van der Waals surface area (Å²) in [6, 6.07) is 4.61. The Morgan fingerprint density at radius 1 is 0.929 bits per heavy atom. The van der Waals surface area contributed by atoms with Crippen molar-refractivity contribution in [2.24, 2.45) is 0 Å². The van der Waals surface area contributed by atoms with E-state index in [4.69, 9.17) is 5.10 Å². The Balaban J connectivity index is 1.23. The molecule has 6 heteroatoms. The molecule has 0 radical (unpaired) electrons. The standard InChI is InChI=1S/C22H29N5O/c28-22-12-16-4-1-2-7-19(16)26-27(22)18-10-8-17(9-11-18)25-21-13-20(23-14-24-21)15-5-3-6-15/h12-15,17-18H,1-11H2,(H,23,24,25). The van der Waals surface area contributed by atoms with Crippen LogP contribution in [0.2, 0.25) is 0 Å². The van der Waals surface area contributed by atoms with Gasteiger partial charge in [-0.05, 0) is 69.8 Å². The Morgan fingerprint density at radius 2 is 1.75 bits per heavy atom. The number of nitrogens with one attached hydrogen (secondary N) is 1. The van der Waals surface area contributed by atoms with Gasteiger partial charge in [-0.25, -0.2) is 14.6 Å². The summed E-state index contributed by atoms with van der Waals surface area (Å²) < 4.78 is 1.78. The Bertz CT molecular complexity index is 896. The van der Waals surface area contributed by atoms with Crippen LogP contribution in [0, 0.1) is 0 Å². The fourth-order valence-corrected chi connectivity index (χ4v) is 4.89. The summed E-state index contributed by atoms with van der Waals surface area (Å²) in [6.45, 7) is 0. The minimum atomic E-state index is 0.0815. The van der Waals surface area contributed by atoms with Crippen LogP contribution in [0.3, 0.4) is 0 Å². The smallest absolute Gasteiger partial charge is 0.267 e. The van der Waals surface area contributed by atoms with Gasteiger partial charge >= 0.3 is 0 Å². The number of anilines is 1. The fourth-order valence-electron chi connectivity index (χ4n) is 4.89. The molecule has 0 atom stereocenters. The molecule has 0 amide bonds. The Morgan fingerprint density at radius 3 is 2.54 bits per heavy atom. The highest BCUT2D eigenvalue weighted by molar-refractivity contribution is 5.37. The number of aryl methyl sites for hydroxylation is 2. The van der Waals surface area contributed by atoms with Crippen molar-refractivity contribution in [3.8, 4) is 0 Å². The fraction of sp³-hybridized carbons (Fsp3) is 0.636. The van der Waals surface area contributed by atoms with Crippen molar-refractivity contribution < 1.29 is 0 Å². The Labute approximate surface area is 165 Å². The number of aromatic nitrogens is 4. The minimum absolute atomic E-state index is 0.0815. The molecule has 3 aliphatic rings. The summed E-state index contributed by atoms with van der Waals surface area (Å²) in [5.41, 5.74) is 3.59. The summed E-state index contributed by atoms with van der Waals surface area (Å²) in [6.07, 6.45) is 14.0. The van der Waals surface area contributed by atoms with Crippen LogP contribution in [0.5, 0.6) is 0 Å². The van der Waals surface area contributed by atoms with Gasteiger partial charge in [0.05, 0.1) is 11.7 Å². The van der Waals surface area contributed by atoms with Gasteiger partial charge in [0.15, 0.2) is 0 Å². The Hall–Kier alpha value is -2.24.